The number of amides is 1. The van der Waals surface area contributed by atoms with E-state index < -0.39 is 0 Å². The highest BCUT2D eigenvalue weighted by molar-refractivity contribution is 5.93. The van der Waals surface area contributed by atoms with E-state index in [2.05, 4.69) is 27.5 Å². The lowest BCUT2D eigenvalue weighted by Crippen LogP contribution is -2.28. The van der Waals surface area contributed by atoms with Crippen LogP contribution < -0.4 is 10.6 Å². The van der Waals surface area contributed by atoms with Crippen LogP contribution in [0.4, 0.5) is 5.95 Å². The van der Waals surface area contributed by atoms with E-state index in [4.69, 9.17) is 0 Å². The van der Waals surface area contributed by atoms with Crippen molar-refractivity contribution in [1.82, 2.24) is 15.3 Å². The van der Waals surface area contributed by atoms with Gasteiger partial charge in [0.2, 0.25) is 5.95 Å². The number of anilines is 1. The second kappa shape index (κ2) is 6.33. The molecule has 0 spiro atoms. The van der Waals surface area contributed by atoms with Crippen LogP contribution in [0.1, 0.15) is 50.9 Å². The molecule has 0 aliphatic carbocycles. The molecule has 1 amide bonds. The summed E-state index contributed by atoms with van der Waals surface area (Å²) in [6.07, 6.45) is 5.13. The summed E-state index contributed by atoms with van der Waals surface area (Å²) in [6, 6.07) is 0. The first kappa shape index (κ1) is 14.4. The molecule has 0 saturated heterocycles. The molecule has 5 heteroatoms. The lowest BCUT2D eigenvalue weighted by atomic mass is 10.1. The maximum atomic E-state index is 11.7. The third-order valence-electron chi connectivity index (χ3n) is 2.22. The van der Waals surface area contributed by atoms with E-state index in [0.29, 0.717) is 18.1 Å². The van der Waals surface area contributed by atoms with Gasteiger partial charge in [0, 0.05) is 24.5 Å². The van der Waals surface area contributed by atoms with Crippen LogP contribution in [-0.4, -0.2) is 28.0 Å². The highest BCUT2D eigenvalue weighted by atomic mass is 16.1. The SMILES string of the molecule is CCCCNC(=O)c1cnc(NC(C)(C)C)nc1. The summed E-state index contributed by atoms with van der Waals surface area (Å²) in [7, 11) is 0. The van der Waals surface area contributed by atoms with Gasteiger partial charge in [0.15, 0.2) is 0 Å². The second-order valence-corrected chi connectivity index (χ2v) is 5.28. The molecule has 2 N–H and O–H groups in total. The summed E-state index contributed by atoms with van der Waals surface area (Å²) in [5, 5.41) is 5.97. The number of hydrogen-bond donors (Lipinski definition) is 2. The number of aromatic nitrogens is 2. The fourth-order valence-electron chi connectivity index (χ4n) is 1.33. The van der Waals surface area contributed by atoms with Gasteiger partial charge in [-0.05, 0) is 27.2 Å². The van der Waals surface area contributed by atoms with E-state index in [1.54, 1.807) is 12.4 Å². The predicted molar refractivity (Wildman–Crippen MR) is 72.6 cm³/mol. The third kappa shape index (κ3) is 5.12. The van der Waals surface area contributed by atoms with Crippen molar-refractivity contribution in [2.45, 2.75) is 46.1 Å². The van der Waals surface area contributed by atoms with Gasteiger partial charge >= 0.3 is 0 Å². The minimum Gasteiger partial charge on any atom is -0.352 e. The first-order valence-corrected chi connectivity index (χ1v) is 6.31. The Labute approximate surface area is 108 Å². The van der Waals surface area contributed by atoms with Crippen LogP contribution in [0.2, 0.25) is 0 Å². The lowest BCUT2D eigenvalue weighted by molar-refractivity contribution is 0.0952. The van der Waals surface area contributed by atoms with Gasteiger partial charge in [-0.25, -0.2) is 9.97 Å². The molecule has 5 nitrogen and oxygen atoms in total. The summed E-state index contributed by atoms with van der Waals surface area (Å²) in [6.45, 7) is 8.87. The fourth-order valence-corrected chi connectivity index (χ4v) is 1.33. The molecular formula is C13H22N4O. The normalized spacial score (nSPS) is 11.1. The molecule has 1 aromatic heterocycles. The Morgan fingerprint density at radius 2 is 1.89 bits per heavy atom. The van der Waals surface area contributed by atoms with E-state index in [-0.39, 0.29) is 11.4 Å². The highest BCUT2D eigenvalue weighted by Gasteiger charge is 2.12. The maximum absolute atomic E-state index is 11.7. The highest BCUT2D eigenvalue weighted by Crippen LogP contribution is 2.09. The van der Waals surface area contributed by atoms with Gasteiger partial charge in [0.05, 0.1) is 5.56 Å². The molecule has 18 heavy (non-hydrogen) atoms. The van der Waals surface area contributed by atoms with Gasteiger partial charge < -0.3 is 10.6 Å². The number of hydrogen-bond acceptors (Lipinski definition) is 4. The van der Waals surface area contributed by atoms with Gasteiger partial charge in [-0.3, -0.25) is 4.79 Å². The van der Waals surface area contributed by atoms with Crippen LogP contribution >= 0.6 is 0 Å². The molecule has 0 aromatic carbocycles. The standard InChI is InChI=1S/C13H22N4O/c1-5-6-7-14-11(18)10-8-15-12(16-9-10)17-13(2,3)4/h8-9H,5-7H2,1-4H3,(H,14,18)(H,15,16,17). The second-order valence-electron chi connectivity index (χ2n) is 5.28. The minimum atomic E-state index is -0.120. The molecule has 0 saturated carbocycles. The van der Waals surface area contributed by atoms with Crippen LogP contribution in [0.15, 0.2) is 12.4 Å². The smallest absolute Gasteiger partial charge is 0.254 e. The maximum Gasteiger partial charge on any atom is 0.254 e. The van der Waals surface area contributed by atoms with Crippen molar-refractivity contribution < 1.29 is 4.79 Å². The first-order chi connectivity index (χ1) is 8.42. The Hall–Kier alpha value is -1.65. The number of unbranched alkanes of at least 4 members (excludes halogenated alkanes) is 1. The number of carbonyl (C=O) groups is 1. The summed E-state index contributed by atoms with van der Waals surface area (Å²) < 4.78 is 0. The van der Waals surface area contributed by atoms with Crippen molar-refractivity contribution >= 4 is 11.9 Å². The zero-order valence-electron chi connectivity index (χ0n) is 11.6. The summed E-state index contributed by atoms with van der Waals surface area (Å²) in [5.74, 6) is 0.415. The lowest BCUT2D eigenvalue weighted by Gasteiger charge is -2.20. The molecule has 1 aromatic rings. The van der Waals surface area contributed by atoms with Crippen molar-refractivity contribution in [2.75, 3.05) is 11.9 Å². The topological polar surface area (TPSA) is 66.9 Å². The molecule has 0 aliphatic heterocycles. The van der Waals surface area contributed by atoms with Crippen LogP contribution in [0.25, 0.3) is 0 Å². The van der Waals surface area contributed by atoms with Gasteiger partial charge in [0.1, 0.15) is 0 Å². The van der Waals surface area contributed by atoms with Crippen LogP contribution in [0.3, 0.4) is 0 Å². The fraction of sp³-hybridized carbons (Fsp3) is 0.615. The molecule has 0 radical (unpaired) electrons. The molecule has 0 bridgehead atoms. The zero-order valence-corrected chi connectivity index (χ0v) is 11.6. The monoisotopic (exact) mass is 250 g/mol. The Morgan fingerprint density at radius 3 is 2.39 bits per heavy atom. The van der Waals surface area contributed by atoms with E-state index in [9.17, 15) is 4.79 Å². The van der Waals surface area contributed by atoms with Gasteiger partial charge in [-0.15, -0.1) is 0 Å². The van der Waals surface area contributed by atoms with E-state index in [0.717, 1.165) is 12.8 Å². The van der Waals surface area contributed by atoms with E-state index >= 15 is 0 Å². The average molecular weight is 250 g/mol. The van der Waals surface area contributed by atoms with Crippen LogP contribution in [0.5, 0.6) is 0 Å². The van der Waals surface area contributed by atoms with E-state index in [1.165, 1.54) is 0 Å². The predicted octanol–water partition coefficient (Wildman–Crippen LogP) is 2.22. The van der Waals surface area contributed by atoms with Crippen molar-refractivity contribution in [3.8, 4) is 0 Å². The first-order valence-electron chi connectivity index (χ1n) is 6.31. The minimum absolute atomic E-state index is 0.0924. The molecular weight excluding hydrogens is 228 g/mol. The molecule has 0 atom stereocenters. The Kier molecular flexibility index (Phi) is 5.07. The zero-order chi connectivity index (χ0) is 13.6. The summed E-state index contributed by atoms with van der Waals surface area (Å²) in [5.41, 5.74) is 0.399. The Balaban J connectivity index is 2.57. The molecule has 1 heterocycles. The van der Waals surface area contributed by atoms with Gasteiger partial charge in [0.25, 0.3) is 5.91 Å². The quantitative estimate of drug-likeness (QED) is 0.786. The van der Waals surface area contributed by atoms with Crippen molar-refractivity contribution in [3.05, 3.63) is 18.0 Å². The van der Waals surface area contributed by atoms with Gasteiger partial charge in [-0.2, -0.15) is 0 Å². The van der Waals surface area contributed by atoms with Crippen LogP contribution in [0, 0.1) is 0 Å². The van der Waals surface area contributed by atoms with Crippen molar-refractivity contribution in [2.24, 2.45) is 0 Å². The largest absolute Gasteiger partial charge is 0.352 e. The molecule has 100 valence electrons. The van der Waals surface area contributed by atoms with Crippen LogP contribution in [-0.2, 0) is 0 Å². The average Bonchev–Trinajstić information content (AvgIpc) is 2.28. The molecule has 0 unspecified atom stereocenters. The number of nitrogens with one attached hydrogen (secondary N) is 2. The third-order valence-corrected chi connectivity index (χ3v) is 2.22. The molecule has 0 aliphatic rings. The van der Waals surface area contributed by atoms with Crippen molar-refractivity contribution in [3.63, 3.8) is 0 Å². The number of rotatable bonds is 5. The Morgan fingerprint density at radius 1 is 1.28 bits per heavy atom. The summed E-state index contributed by atoms with van der Waals surface area (Å²) >= 11 is 0. The molecule has 0 fully saturated rings. The van der Waals surface area contributed by atoms with Crippen molar-refractivity contribution in [1.29, 1.82) is 0 Å². The molecule has 1 rings (SSSR count). The summed E-state index contributed by atoms with van der Waals surface area (Å²) in [4.78, 5) is 20.0. The Bertz CT molecular complexity index is 381. The number of nitrogens with zero attached hydrogens (tertiary/aromatic N) is 2. The van der Waals surface area contributed by atoms with E-state index in [1.807, 2.05) is 20.8 Å². The number of carbonyl (C=O) groups excluding carboxylic acids is 1. The van der Waals surface area contributed by atoms with Gasteiger partial charge in [-0.1, -0.05) is 13.3 Å².